The minimum absolute atomic E-state index is 0.109. The van der Waals surface area contributed by atoms with Gasteiger partial charge in [0.15, 0.2) is 0 Å². The number of ether oxygens (including phenoxy) is 1. The molecule has 1 aliphatic heterocycles. The minimum atomic E-state index is -0.744. The fourth-order valence-corrected chi connectivity index (χ4v) is 1.84. The molecule has 1 atom stereocenters. The van der Waals surface area contributed by atoms with Crippen molar-refractivity contribution in [1.29, 1.82) is 0 Å². The van der Waals surface area contributed by atoms with Crippen molar-refractivity contribution in [3.05, 3.63) is 29.8 Å². The van der Waals surface area contributed by atoms with Crippen molar-refractivity contribution in [3.63, 3.8) is 0 Å². The lowest BCUT2D eigenvalue weighted by Gasteiger charge is -2.24. The van der Waals surface area contributed by atoms with Crippen LogP contribution in [0.1, 0.15) is 24.3 Å². The number of carboxylic acid groups (broad SMARTS) is 1. The largest absolute Gasteiger partial charge is 0.493 e. The molecule has 0 aliphatic carbocycles. The van der Waals surface area contributed by atoms with Gasteiger partial charge in [-0.15, -0.1) is 0 Å². The first-order valence-electron chi connectivity index (χ1n) is 4.71. The number of fused-ring (bicyclic) bond motifs is 1. The number of hydrogen-bond donors (Lipinski definition) is 1. The first-order chi connectivity index (χ1) is 6.77. The maximum absolute atomic E-state index is 10.6. The van der Waals surface area contributed by atoms with Crippen molar-refractivity contribution in [3.8, 4) is 5.75 Å². The summed E-state index contributed by atoms with van der Waals surface area (Å²) in [6.07, 6.45) is 0.990. The standard InChI is InChI=1S/C11H12O3/c12-11(13)7-8-5-6-14-10-4-2-1-3-9(8)10/h1-4,8H,5-7H2,(H,12,13)/t8-/m1/s1. The van der Waals surface area contributed by atoms with E-state index in [1.807, 2.05) is 24.3 Å². The molecule has 0 fully saturated rings. The van der Waals surface area contributed by atoms with Gasteiger partial charge in [0, 0.05) is 5.92 Å². The lowest BCUT2D eigenvalue weighted by Crippen LogP contribution is -2.16. The number of carbonyl (C=O) groups is 1. The van der Waals surface area contributed by atoms with Crippen LogP contribution in [-0.4, -0.2) is 17.7 Å². The highest BCUT2D eigenvalue weighted by Gasteiger charge is 2.22. The Hall–Kier alpha value is -1.51. The van der Waals surface area contributed by atoms with E-state index in [0.717, 1.165) is 17.7 Å². The van der Waals surface area contributed by atoms with Gasteiger partial charge in [-0.25, -0.2) is 0 Å². The Morgan fingerprint density at radius 1 is 1.50 bits per heavy atom. The maximum Gasteiger partial charge on any atom is 0.303 e. The van der Waals surface area contributed by atoms with Crippen LogP contribution in [0.2, 0.25) is 0 Å². The molecule has 1 heterocycles. The fourth-order valence-electron chi connectivity index (χ4n) is 1.84. The first kappa shape index (κ1) is 9.06. The highest BCUT2D eigenvalue weighted by molar-refractivity contribution is 5.68. The quantitative estimate of drug-likeness (QED) is 0.779. The molecule has 0 spiro atoms. The number of hydrogen-bond acceptors (Lipinski definition) is 2. The summed E-state index contributed by atoms with van der Waals surface area (Å²) < 4.78 is 5.44. The maximum atomic E-state index is 10.6. The predicted molar refractivity (Wildman–Crippen MR) is 51.5 cm³/mol. The summed E-state index contributed by atoms with van der Waals surface area (Å²) in [4.78, 5) is 10.6. The van der Waals surface area contributed by atoms with Gasteiger partial charge in [-0.2, -0.15) is 0 Å². The van der Waals surface area contributed by atoms with E-state index in [9.17, 15) is 4.79 Å². The normalized spacial score (nSPS) is 19.6. The third kappa shape index (κ3) is 1.71. The summed E-state index contributed by atoms with van der Waals surface area (Å²) >= 11 is 0. The van der Waals surface area contributed by atoms with Crippen molar-refractivity contribution < 1.29 is 14.6 Å². The van der Waals surface area contributed by atoms with Gasteiger partial charge in [0.25, 0.3) is 0 Å². The molecule has 1 aromatic rings. The summed E-state index contributed by atoms with van der Waals surface area (Å²) in [7, 11) is 0. The fraction of sp³-hybridized carbons (Fsp3) is 0.364. The Morgan fingerprint density at radius 2 is 2.29 bits per heavy atom. The van der Waals surface area contributed by atoms with Gasteiger partial charge in [0.2, 0.25) is 0 Å². The highest BCUT2D eigenvalue weighted by atomic mass is 16.5. The molecule has 0 aromatic heterocycles. The molecule has 3 heteroatoms. The van der Waals surface area contributed by atoms with Crippen LogP contribution in [0.15, 0.2) is 24.3 Å². The van der Waals surface area contributed by atoms with Gasteiger partial charge in [-0.1, -0.05) is 18.2 Å². The number of aliphatic carboxylic acids is 1. The molecule has 2 rings (SSSR count). The second-order valence-electron chi connectivity index (χ2n) is 3.47. The van der Waals surface area contributed by atoms with Crippen LogP contribution in [0.3, 0.4) is 0 Å². The summed E-state index contributed by atoms with van der Waals surface area (Å²) in [6, 6.07) is 7.66. The average Bonchev–Trinajstić information content (AvgIpc) is 2.18. The Kier molecular flexibility index (Phi) is 2.39. The summed E-state index contributed by atoms with van der Waals surface area (Å²) in [5.74, 6) is 0.203. The Bertz CT molecular complexity index is 346. The summed E-state index contributed by atoms with van der Waals surface area (Å²) in [5.41, 5.74) is 1.03. The van der Waals surface area contributed by atoms with Crippen molar-refractivity contribution in [2.45, 2.75) is 18.8 Å². The van der Waals surface area contributed by atoms with Gasteiger partial charge in [-0.05, 0) is 18.1 Å². The number of para-hydroxylation sites is 1. The van der Waals surface area contributed by atoms with E-state index in [2.05, 4.69) is 0 Å². The zero-order valence-corrected chi connectivity index (χ0v) is 7.77. The van der Waals surface area contributed by atoms with Crippen LogP contribution in [0.5, 0.6) is 5.75 Å². The van der Waals surface area contributed by atoms with E-state index < -0.39 is 5.97 Å². The molecule has 0 saturated carbocycles. The van der Waals surface area contributed by atoms with Crippen molar-refractivity contribution in [2.24, 2.45) is 0 Å². The SMILES string of the molecule is O=C(O)C[C@H]1CCOc2ccccc21. The van der Waals surface area contributed by atoms with Gasteiger partial charge < -0.3 is 9.84 Å². The molecule has 74 valence electrons. The second-order valence-corrected chi connectivity index (χ2v) is 3.47. The molecular weight excluding hydrogens is 180 g/mol. The van der Waals surface area contributed by atoms with Crippen LogP contribution in [0.25, 0.3) is 0 Å². The second kappa shape index (κ2) is 3.70. The Balaban J connectivity index is 2.26. The Morgan fingerprint density at radius 3 is 3.07 bits per heavy atom. The molecule has 1 aliphatic rings. The molecule has 0 radical (unpaired) electrons. The average molecular weight is 192 g/mol. The van der Waals surface area contributed by atoms with Gasteiger partial charge >= 0.3 is 5.97 Å². The van der Waals surface area contributed by atoms with Crippen molar-refractivity contribution in [1.82, 2.24) is 0 Å². The lowest BCUT2D eigenvalue weighted by atomic mass is 9.90. The van der Waals surface area contributed by atoms with Gasteiger partial charge in [0.05, 0.1) is 13.0 Å². The number of rotatable bonds is 2. The van der Waals surface area contributed by atoms with Crippen LogP contribution in [0, 0.1) is 0 Å². The van der Waals surface area contributed by atoms with E-state index in [-0.39, 0.29) is 12.3 Å². The van der Waals surface area contributed by atoms with E-state index in [4.69, 9.17) is 9.84 Å². The monoisotopic (exact) mass is 192 g/mol. The molecular formula is C11H12O3. The third-order valence-corrected chi connectivity index (χ3v) is 2.50. The molecule has 0 unspecified atom stereocenters. The third-order valence-electron chi connectivity index (χ3n) is 2.50. The smallest absolute Gasteiger partial charge is 0.303 e. The van der Waals surface area contributed by atoms with Gasteiger partial charge in [0.1, 0.15) is 5.75 Å². The predicted octanol–water partition coefficient (Wildman–Crippen LogP) is 2.03. The van der Waals surface area contributed by atoms with E-state index in [0.29, 0.717) is 6.61 Å². The van der Waals surface area contributed by atoms with Crippen LogP contribution >= 0.6 is 0 Å². The number of benzene rings is 1. The summed E-state index contributed by atoms with van der Waals surface area (Å²) in [5, 5.41) is 8.75. The first-order valence-corrected chi connectivity index (χ1v) is 4.71. The highest BCUT2D eigenvalue weighted by Crippen LogP contribution is 2.35. The van der Waals surface area contributed by atoms with E-state index in [1.165, 1.54) is 0 Å². The zero-order chi connectivity index (χ0) is 9.97. The molecule has 1 N–H and O–H groups in total. The molecule has 0 amide bonds. The van der Waals surface area contributed by atoms with Gasteiger partial charge in [-0.3, -0.25) is 4.79 Å². The zero-order valence-electron chi connectivity index (χ0n) is 7.77. The lowest BCUT2D eigenvalue weighted by molar-refractivity contribution is -0.137. The number of carboxylic acids is 1. The molecule has 0 saturated heterocycles. The van der Waals surface area contributed by atoms with Crippen molar-refractivity contribution in [2.75, 3.05) is 6.61 Å². The van der Waals surface area contributed by atoms with Crippen LogP contribution < -0.4 is 4.74 Å². The topological polar surface area (TPSA) is 46.5 Å². The van der Waals surface area contributed by atoms with E-state index in [1.54, 1.807) is 0 Å². The summed E-state index contributed by atoms with van der Waals surface area (Å²) in [6.45, 7) is 0.620. The Labute approximate surface area is 82.3 Å². The minimum Gasteiger partial charge on any atom is -0.493 e. The van der Waals surface area contributed by atoms with Crippen LogP contribution in [-0.2, 0) is 4.79 Å². The van der Waals surface area contributed by atoms with E-state index >= 15 is 0 Å². The molecule has 14 heavy (non-hydrogen) atoms. The molecule has 0 bridgehead atoms. The van der Waals surface area contributed by atoms with Crippen LogP contribution in [0.4, 0.5) is 0 Å². The van der Waals surface area contributed by atoms with Crippen molar-refractivity contribution >= 4 is 5.97 Å². The molecule has 1 aromatic carbocycles. The molecule has 3 nitrogen and oxygen atoms in total.